The van der Waals surface area contributed by atoms with Crippen molar-refractivity contribution in [3.8, 4) is 0 Å². The number of nitrogens with one attached hydrogen (secondary N) is 1. The van der Waals surface area contributed by atoms with Crippen LogP contribution in [-0.4, -0.2) is 30.4 Å². The van der Waals surface area contributed by atoms with Crippen LogP contribution in [0.5, 0.6) is 0 Å². The first kappa shape index (κ1) is 15.9. The van der Waals surface area contributed by atoms with E-state index >= 15 is 0 Å². The van der Waals surface area contributed by atoms with E-state index in [9.17, 15) is 9.18 Å². The van der Waals surface area contributed by atoms with Gasteiger partial charge in [-0.2, -0.15) is 0 Å². The number of nitrogens with zero attached hydrogens (tertiary/aromatic N) is 1. The van der Waals surface area contributed by atoms with Crippen LogP contribution in [0.3, 0.4) is 0 Å². The summed E-state index contributed by atoms with van der Waals surface area (Å²) in [5.41, 5.74) is 1.18. The molecule has 0 unspecified atom stereocenters. The highest BCUT2D eigenvalue weighted by Gasteiger charge is 2.11. The molecule has 5 heteroatoms. The minimum absolute atomic E-state index is 0.194. The lowest BCUT2D eigenvalue weighted by Crippen LogP contribution is -2.34. The fourth-order valence-electron chi connectivity index (χ4n) is 1.64. The predicted molar refractivity (Wildman–Crippen MR) is 79.7 cm³/mol. The van der Waals surface area contributed by atoms with E-state index in [1.54, 1.807) is 6.07 Å². The quantitative estimate of drug-likeness (QED) is 0.811. The zero-order valence-electron chi connectivity index (χ0n) is 11.2. The summed E-state index contributed by atoms with van der Waals surface area (Å²) in [6, 6.07) is 4.54. The van der Waals surface area contributed by atoms with Gasteiger partial charge in [-0.25, -0.2) is 4.39 Å². The van der Waals surface area contributed by atoms with Gasteiger partial charge < -0.3 is 5.32 Å². The number of likely N-dealkylation sites (N-methyl/N-ethyl adjacent to an activating group) is 1. The molecule has 0 saturated heterocycles. The molecule has 1 aromatic rings. The van der Waals surface area contributed by atoms with Crippen LogP contribution in [0.25, 0.3) is 0 Å². The number of halogens is 2. The molecule has 0 bridgehead atoms. The summed E-state index contributed by atoms with van der Waals surface area (Å²) in [6.45, 7) is 9.32. The van der Waals surface area contributed by atoms with Crippen molar-refractivity contribution in [2.24, 2.45) is 0 Å². The van der Waals surface area contributed by atoms with Gasteiger partial charge in [-0.05, 0) is 31.7 Å². The highest BCUT2D eigenvalue weighted by molar-refractivity contribution is 9.10. The Balaban J connectivity index is 2.61. The SMILES string of the molecule is C=C(C)CN(CC)CC(=O)Nc1ccc(Br)cc1F. The Bertz CT molecular complexity index is 477. The van der Waals surface area contributed by atoms with Crippen molar-refractivity contribution in [2.75, 3.05) is 25.0 Å². The summed E-state index contributed by atoms with van der Waals surface area (Å²) in [6.07, 6.45) is 0. The van der Waals surface area contributed by atoms with Crippen molar-refractivity contribution in [3.63, 3.8) is 0 Å². The molecule has 0 aliphatic heterocycles. The van der Waals surface area contributed by atoms with Gasteiger partial charge in [0, 0.05) is 11.0 Å². The van der Waals surface area contributed by atoms with Gasteiger partial charge in [0.15, 0.2) is 0 Å². The third-order valence-electron chi connectivity index (χ3n) is 2.51. The molecule has 1 rings (SSSR count). The van der Waals surface area contributed by atoms with E-state index in [1.807, 2.05) is 18.7 Å². The molecule has 0 aromatic heterocycles. The number of carbonyl (C=O) groups is 1. The third kappa shape index (κ3) is 5.53. The molecule has 0 radical (unpaired) electrons. The molecule has 19 heavy (non-hydrogen) atoms. The lowest BCUT2D eigenvalue weighted by Gasteiger charge is -2.19. The molecule has 0 spiro atoms. The Kier molecular flexibility index (Phi) is 6.18. The van der Waals surface area contributed by atoms with Gasteiger partial charge in [0.05, 0.1) is 12.2 Å². The summed E-state index contributed by atoms with van der Waals surface area (Å²) >= 11 is 3.17. The standard InChI is InChI=1S/C14H18BrFN2O/c1-4-18(8-10(2)3)9-14(19)17-13-6-5-11(15)7-12(13)16/h5-7H,2,4,8-9H2,1,3H3,(H,17,19). The van der Waals surface area contributed by atoms with E-state index in [1.165, 1.54) is 12.1 Å². The minimum atomic E-state index is -0.453. The summed E-state index contributed by atoms with van der Waals surface area (Å²) in [7, 11) is 0. The van der Waals surface area contributed by atoms with E-state index in [-0.39, 0.29) is 18.1 Å². The molecule has 104 valence electrons. The van der Waals surface area contributed by atoms with E-state index in [2.05, 4.69) is 27.8 Å². The lowest BCUT2D eigenvalue weighted by atomic mass is 10.3. The Morgan fingerprint density at radius 1 is 1.47 bits per heavy atom. The zero-order chi connectivity index (χ0) is 14.4. The Morgan fingerprint density at radius 2 is 2.16 bits per heavy atom. The number of anilines is 1. The first-order valence-corrected chi connectivity index (χ1v) is 6.83. The largest absolute Gasteiger partial charge is 0.322 e. The smallest absolute Gasteiger partial charge is 0.238 e. The average Bonchev–Trinajstić information content (AvgIpc) is 2.31. The summed E-state index contributed by atoms with van der Waals surface area (Å²) in [5, 5.41) is 2.57. The maximum atomic E-state index is 13.6. The topological polar surface area (TPSA) is 32.3 Å². The predicted octanol–water partition coefficient (Wildman–Crippen LogP) is 3.42. The lowest BCUT2D eigenvalue weighted by molar-refractivity contribution is -0.117. The van der Waals surface area contributed by atoms with Crippen LogP contribution in [0, 0.1) is 5.82 Å². The molecule has 1 amide bonds. The second-order valence-corrected chi connectivity index (χ2v) is 5.35. The van der Waals surface area contributed by atoms with E-state index in [4.69, 9.17) is 0 Å². The van der Waals surface area contributed by atoms with E-state index in [0.717, 1.165) is 12.1 Å². The summed E-state index contributed by atoms with van der Waals surface area (Å²) in [4.78, 5) is 13.8. The van der Waals surface area contributed by atoms with E-state index in [0.29, 0.717) is 11.0 Å². The molecule has 0 aliphatic carbocycles. The maximum Gasteiger partial charge on any atom is 0.238 e. The van der Waals surface area contributed by atoms with Crippen LogP contribution >= 0.6 is 15.9 Å². The van der Waals surface area contributed by atoms with E-state index < -0.39 is 5.82 Å². The van der Waals surface area contributed by atoms with Crippen molar-refractivity contribution < 1.29 is 9.18 Å². The van der Waals surface area contributed by atoms with Crippen molar-refractivity contribution in [3.05, 3.63) is 40.6 Å². The first-order chi connectivity index (χ1) is 8.92. The molecule has 0 heterocycles. The fraction of sp³-hybridized carbons (Fsp3) is 0.357. The molecule has 0 saturated carbocycles. The number of amides is 1. The first-order valence-electron chi connectivity index (χ1n) is 6.04. The monoisotopic (exact) mass is 328 g/mol. The molecular formula is C14H18BrFN2O. The van der Waals surface area contributed by atoms with Crippen LogP contribution in [0.1, 0.15) is 13.8 Å². The molecule has 0 fully saturated rings. The molecule has 1 aromatic carbocycles. The zero-order valence-corrected chi connectivity index (χ0v) is 12.8. The van der Waals surface area contributed by atoms with Crippen LogP contribution in [0.2, 0.25) is 0 Å². The highest BCUT2D eigenvalue weighted by atomic mass is 79.9. The second kappa shape index (κ2) is 7.40. The summed E-state index contributed by atoms with van der Waals surface area (Å²) in [5.74, 6) is -0.685. The number of rotatable bonds is 6. The number of hydrogen-bond donors (Lipinski definition) is 1. The van der Waals surface area contributed by atoms with Crippen molar-refractivity contribution >= 4 is 27.5 Å². The van der Waals surface area contributed by atoms with Gasteiger partial charge in [0.2, 0.25) is 5.91 Å². The van der Waals surface area contributed by atoms with Crippen molar-refractivity contribution in [1.82, 2.24) is 4.90 Å². The van der Waals surface area contributed by atoms with Gasteiger partial charge in [-0.1, -0.05) is 35.0 Å². The summed E-state index contributed by atoms with van der Waals surface area (Å²) < 4.78 is 14.2. The average molecular weight is 329 g/mol. The molecule has 0 atom stereocenters. The molecule has 1 N–H and O–H groups in total. The Morgan fingerprint density at radius 3 is 2.68 bits per heavy atom. The van der Waals surface area contributed by atoms with Crippen LogP contribution in [0.15, 0.2) is 34.8 Å². The highest BCUT2D eigenvalue weighted by Crippen LogP contribution is 2.19. The van der Waals surface area contributed by atoms with Gasteiger partial charge in [0.25, 0.3) is 0 Å². The molecule has 3 nitrogen and oxygen atoms in total. The minimum Gasteiger partial charge on any atom is -0.322 e. The number of benzene rings is 1. The maximum absolute atomic E-state index is 13.6. The van der Waals surface area contributed by atoms with Crippen molar-refractivity contribution in [1.29, 1.82) is 0 Å². The van der Waals surface area contributed by atoms with Gasteiger partial charge >= 0.3 is 0 Å². The Hall–Kier alpha value is -1.20. The van der Waals surface area contributed by atoms with Crippen LogP contribution < -0.4 is 5.32 Å². The fourth-order valence-corrected chi connectivity index (χ4v) is 1.98. The third-order valence-corrected chi connectivity index (χ3v) is 3.01. The van der Waals surface area contributed by atoms with Crippen LogP contribution in [0.4, 0.5) is 10.1 Å². The van der Waals surface area contributed by atoms with Gasteiger partial charge in [-0.15, -0.1) is 0 Å². The number of hydrogen-bond acceptors (Lipinski definition) is 2. The Labute approximate surface area is 121 Å². The van der Waals surface area contributed by atoms with Crippen LogP contribution in [-0.2, 0) is 4.79 Å². The van der Waals surface area contributed by atoms with Gasteiger partial charge in [0.1, 0.15) is 5.82 Å². The van der Waals surface area contributed by atoms with Gasteiger partial charge in [-0.3, -0.25) is 9.69 Å². The molecule has 0 aliphatic rings. The second-order valence-electron chi connectivity index (χ2n) is 4.43. The normalized spacial score (nSPS) is 10.6. The molecular weight excluding hydrogens is 311 g/mol. The number of carbonyl (C=O) groups excluding carboxylic acids is 1. The van der Waals surface area contributed by atoms with Crippen molar-refractivity contribution in [2.45, 2.75) is 13.8 Å².